The molecule has 7 heteroatoms. The molecule has 0 saturated carbocycles. The van der Waals surface area contributed by atoms with Gasteiger partial charge in [0.25, 0.3) is 0 Å². The van der Waals surface area contributed by atoms with Gasteiger partial charge >= 0.3 is 6.18 Å². The Morgan fingerprint density at radius 2 is 1.88 bits per heavy atom. The van der Waals surface area contributed by atoms with Gasteiger partial charge in [0, 0.05) is 9.86 Å². The Bertz CT molecular complexity index is 556. The Hall–Kier alpha value is -0.880. The summed E-state index contributed by atoms with van der Waals surface area (Å²) in [6.45, 7) is 0. The first-order chi connectivity index (χ1) is 7.38. The number of hydrogen-bond donors (Lipinski definition) is 0. The van der Waals surface area contributed by atoms with Crippen molar-refractivity contribution in [3.05, 3.63) is 33.6 Å². The van der Waals surface area contributed by atoms with Crippen LogP contribution in [0.25, 0.3) is 10.9 Å². The summed E-state index contributed by atoms with van der Waals surface area (Å²) < 4.78 is 37.8. The number of hydrogen-bond acceptors (Lipinski definition) is 2. The highest BCUT2D eigenvalue weighted by Gasteiger charge is 2.35. The third kappa shape index (κ3) is 2.12. The molecule has 16 heavy (non-hydrogen) atoms. The van der Waals surface area contributed by atoms with Gasteiger partial charge in [-0.15, -0.1) is 0 Å². The molecule has 0 bridgehead atoms. The predicted molar refractivity (Wildman–Crippen MR) is 57.3 cm³/mol. The third-order valence-electron chi connectivity index (χ3n) is 1.86. The van der Waals surface area contributed by atoms with Crippen molar-refractivity contribution in [1.29, 1.82) is 0 Å². The predicted octanol–water partition coefficient (Wildman–Crippen LogP) is 4.06. The fourth-order valence-corrected chi connectivity index (χ4v) is 1.78. The topological polar surface area (TPSA) is 25.8 Å². The zero-order chi connectivity index (χ0) is 11.9. The molecule has 2 nitrogen and oxygen atoms in total. The van der Waals surface area contributed by atoms with Crippen LogP contribution in [0, 0.1) is 0 Å². The minimum absolute atomic E-state index is 0.163. The lowest BCUT2D eigenvalue weighted by molar-refractivity contribution is -0.144. The molecule has 0 aliphatic heterocycles. The third-order valence-corrected chi connectivity index (χ3v) is 2.65. The van der Waals surface area contributed by atoms with Gasteiger partial charge in [0.15, 0.2) is 0 Å². The van der Waals surface area contributed by atoms with Crippen LogP contribution in [-0.2, 0) is 6.18 Å². The van der Waals surface area contributed by atoms with Crippen LogP contribution in [0.5, 0.6) is 0 Å². The molecule has 0 radical (unpaired) electrons. The molecule has 84 valence electrons. The number of halogens is 5. The van der Waals surface area contributed by atoms with Crippen molar-refractivity contribution < 1.29 is 13.2 Å². The van der Waals surface area contributed by atoms with Crippen molar-refractivity contribution >= 4 is 38.4 Å². The van der Waals surface area contributed by atoms with Crippen molar-refractivity contribution in [3.8, 4) is 0 Å². The van der Waals surface area contributed by atoms with Crippen LogP contribution >= 0.6 is 27.5 Å². The average molecular weight is 311 g/mol. The Morgan fingerprint density at radius 3 is 2.50 bits per heavy atom. The molecule has 0 saturated heterocycles. The minimum atomic E-state index is -4.59. The molecular formula is C9H3BrClF3N2. The van der Waals surface area contributed by atoms with E-state index in [1.165, 1.54) is 6.07 Å². The molecule has 0 unspecified atom stereocenters. The van der Waals surface area contributed by atoms with Gasteiger partial charge in [-0.3, -0.25) is 0 Å². The van der Waals surface area contributed by atoms with E-state index in [1.807, 2.05) is 0 Å². The van der Waals surface area contributed by atoms with Gasteiger partial charge in [0.05, 0.1) is 5.52 Å². The molecule has 2 rings (SSSR count). The number of fused-ring (bicyclic) bond motifs is 1. The van der Waals surface area contributed by atoms with Crippen molar-refractivity contribution in [2.75, 3.05) is 0 Å². The molecule has 0 spiro atoms. The van der Waals surface area contributed by atoms with E-state index in [0.29, 0.717) is 9.86 Å². The Balaban J connectivity index is 2.74. The zero-order valence-corrected chi connectivity index (χ0v) is 9.86. The first kappa shape index (κ1) is 11.6. The van der Waals surface area contributed by atoms with Crippen LogP contribution < -0.4 is 0 Å². The lowest BCUT2D eigenvalue weighted by Crippen LogP contribution is -2.11. The van der Waals surface area contributed by atoms with Crippen molar-refractivity contribution in [2.45, 2.75) is 6.18 Å². The van der Waals surface area contributed by atoms with Gasteiger partial charge in [-0.05, 0) is 18.2 Å². The molecular weight excluding hydrogens is 308 g/mol. The minimum Gasteiger partial charge on any atom is -0.224 e. The Morgan fingerprint density at radius 1 is 1.19 bits per heavy atom. The van der Waals surface area contributed by atoms with Crippen molar-refractivity contribution in [2.24, 2.45) is 0 Å². The van der Waals surface area contributed by atoms with E-state index < -0.39 is 12.0 Å². The van der Waals surface area contributed by atoms with Crippen LogP contribution in [-0.4, -0.2) is 9.97 Å². The van der Waals surface area contributed by atoms with E-state index in [-0.39, 0.29) is 10.7 Å². The van der Waals surface area contributed by atoms with E-state index in [1.54, 1.807) is 12.1 Å². The molecule has 0 aliphatic rings. The number of nitrogens with zero attached hydrogens (tertiary/aromatic N) is 2. The Kier molecular flexibility index (Phi) is 2.79. The van der Waals surface area contributed by atoms with Crippen LogP contribution in [0.2, 0.25) is 5.15 Å². The highest BCUT2D eigenvalue weighted by molar-refractivity contribution is 9.10. The number of rotatable bonds is 0. The lowest BCUT2D eigenvalue weighted by atomic mass is 10.2. The highest BCUT2D eigenvalue weighted by atomic mass is 79.9. The maximum absolute atomic E-state index is 12.4. The summed E-state index contributed by atoms with van der Waals surface area (Å²) in [7, 11) is 0. The Labute approximate surface area is 102 Å². The van der Waals surface area contributed by atoms with Crippen LogP contribution in [0.4, 0.5) is 13.2 Å². The van der Waals surface area contributed by atoms with E-state index in [4.69, 9.17) is 11.6 Å². The number of alkyl halides is 3. The fraction of sp³-hybridized carbons (Fsp3) is 0.111. The van der Waals surface area contributed by atoms with Crippen LogP contribution in [0.15, 0.2) is 22.7 Å². The monoisotopic (exact) mass is 310 g/mol. The van der Waals surface area contributed by atoms with E-state index in [2.05, 4.69) is 25.9 Å². The molecule has 0 fully saturated rings. The zero-order valence-electron chi connectivity index (χ0n) is 7.52. The van der Waals surface area contributed by atoms with Crippen molar-refractivity contribution in [3.63, 3.8) is 0 Å². The summed E-state index contributed by atoms with van der Waals surface area (Å²) in [5, 5.41) is 0.169. The highest BCUT2D eigenvalue weighted by Crippen LogP contribution is 2.31. The van der Waals surface area contributed by atoms with Crippen LogP contribution in [0.1, 0.15) is 5.82 Å². The average Bonchev–Trinajstić information content (AvgIpc) is 2.17. The summed E-state index contributed by atoms with van der Waals surface area (Å²) in [6.07, 6.45) is -4.59. The van der Waals surface area contributed by atoms with E-state index >= 15 is 0 Å². The second kappa shape index (κ2) is 3.85. The molecule has 0 atom stereocenters. The quantitative estimate of drug-likeness (QED) is 0.686. The number of aromatic nitrogens is 2. The first-order valence-corrected chi connectivity index (χ1v) is 5.25. The second-order valence-corrected chi connectivity index (χ2v) is 4.27. The largest absolute Gasteiger partial charge is 0.451 e. The lowest BCUT2D eigenvalue weighted by Gasteiger charge is -2.07. The maximum Gasteiger partial charge on any atom is 0.451 e. The normalized spacial score (nSPS) is 12.1. The summed E-state index contributed by atoms with van der Waals surface area (Å²) >= 11 is 8.86. The fourth-order valence-electron chi connectivity index (χ4n) is 1.19. The smallest absolute Gasteiger partial charge is 0.224 e. The summed E-state index contributed by atoms with van der Waals surface area (Å²) in [6, 6.07) is 4.60. The summed E-state index contributed by atoms with van der Waals surface area (Å²) in [4.78, 5) is 6.63. The summed E-state index contributed by atoms with van der Waals surface area (Å²) in [5.74, 6) is -1.23. The van der Waals surface area contributed by atoms with Crippen LogP contribution in [0.3, 0.4) is 0 Å². The molecule has 1 aromatic carbocycles. The van der Waals surface area contributed by atoms with Gasteiger partial charge in [0.2, 0.25) is 5.82 Å². The second-order valence-electron chi connectivity index (χ2n) is 3.00. The molecule has 1 heterocycles. The van der Waals surface area contributed by atoms with Crippen molar-refractivity contribution in [1.82, 2.24) is 9.97 Å². The number of benzene rings is 1. The maximum atomic E-state index is 12.4. The van der Waals surface area contributed by atoms with Gasteiger partial charge in [-0.25, -0.2) is 9.97 Å². The standard InChI is InChI=1S/C9H3BrClF3N2/c10-4-1-2-6-5(3-4)7(11)16-8(15-6)9(12,13)14/h1-3H. The van der Waals surface area contributed by atoms with Gasteiger partial charge in [0.1, 0.15) is 5.15 Å². The molecule has 0 amide bonds. The van der Waals surface area contributed by atoms with Gasteiger partial charge < -0.3 is 0 Å². The first-order valence-electron chi connectivity index (χ1n) is 4.08. The molecule has 1 aromatic heterocycles. The molecule has 2 aromatic rings. The van der Waals surface area contributed by atoms with Gasteiger partial charge in [-0.1, -0.05) is 27.5 Å². The van der Waals surface area contributed by atoms with E-state index in [9.17, 15) is 13.2 Å². The molecule has 0 N–H and O–H groups in total. The summed E-state index contributed by atoms with van der Waals surface area (Å²) in [5.41, 5.74) is 0.163. The van der Waals surface area contributed by atoms with E-state index in [0.717, 1.165) is 0 Å². The SMILES string of the molecule is FC(F)(F)c1nc(Cl)c2cc(Br)ccc2n1. The molecule has 0 aliphatic carbocycles. The van der Waals surface area contributed by atoms with Gasteiger partial charge in [-0.2, -0.15) is 13.2 Å².